The number of amides is 1. The number of hydrogen-bond acceptors (Lipinski definition) is 2. The Kier molecular flexibility index (Phi) is 3.27. The molecule has 3 nitrogen and oxygen atoms in total. The van der Waals surface area contributed by atoms with Crippen molar-refractivity contribution < 1.29 is 4.79 Å². The van der Waals surface area contributed by atoms with Gasteiger partial charge in [0.2, 0.25) is 0 Å². The first kappa shape index (κ1) is 11.9. The van der Waals surface area contributed by atoms with Crippen molar-refractivity contribution in [1.82, 2.24) is 10.3 Å². The molecule has 1 N–H and O–H groups in total. The molecule has 1 saturated carbocycles. The van der Waals surface area contributed by atoms with Crippen molar-refractivity contribution in [2.24, 2.45) is 0 Å². The second kappa shape index (κ2) is 5.22. The van der Waals surface area contributed by atoms with E-state index >= 15 is 0 Å². The van der Waals surface area contributed by atoms with Crippen molar-refractivity contribution in [2.45, 2.75) is 25.3 Å². The number of nitrogens with one attached hydrogen (secondary N) is 1. The summed E-state index contributed by atoms with van der Waals surface area (Å²) < 4.78 is 0. The third-order valence-electron chi connectivity index (χ3n) is 3.58. The molecule has 3 heteroatoms. The molecule has 1 aliphatic carbocycles. The van der Waals surface area contributed by atoms with E-state index in [1.807, 2.05) is 36.4 Å². The standard InChI is InChI=1S/C16H16N2O/c19-16(18-15-5-2-6-15)14-4-1-3-13(11-14)12-7-9-17-10-8-12/h1,3-4,7-11,15H,2,5-6H2,(H,18,19). The molecular formula is C16H16N2O. The Morgan fingerprint density at radius 2 is 1.89 bits per heavy atom. The lowest BCUT2D eigenvalue weighted by Gasteiger charge is -2.26. The summed E-state index contributed by atoms with van der Waals surface area (Å²) in [4.78, 5) is 16.1. The van der Waals surface area contributed by atoms with Crippen molar-refractivity contribution in [3.63, 3.8) is 0 Å². The molecule has 0 spiro atoms. The molecule has 3 rings (SSSR count). The molecule has 0 atom stereocenters. The second-order valence-corrected chi connectivity index (χ2v) is 4.92. The van der Waals surface area contributed by atoms with E-state index in [0.717, 1.165) is 29.5 Å². The van der Waals surface area contributed by atoms with Crippen LogP contribution in [0.5, 0.6) is 0 Å². The zero-order valence-corrected chi connectivity index (χ0v) is 10.7. The Balaban J connectivity index is 1.81. The van der Waals surface area contributed by atoms with Crippen molar-refractivity contribution >= 4 is 5.91 Å². The first-order valence-corrected chi connectivity index (χ1v) is 6.64. The molecule has 19 heavy (non-hydrogen) atoms. The largest absolute Gasteiger partial charge is 0.349 e. The number of rotatable bonds is 3. The number of aromatic nitrogens is 1. The van der Waals surface area contributed by atoms with Gasteiger partial charge in [-0.15, -0.1) is 0 Å². The summed E-state index contributed by atoms with van der Waals surface area (Å²) in [7, 11) is 0. The van der Waals surface area contributed by atoms with Crippen LogP contribution < -0.4 is 5.32 Å². The van der Waals surface area contributed by atoms with E-state index in [0.29, 0.717) is 6.04 Å². The van der Waals surface area contributed by atoms with E-state index in [2.05, 4.69) is 10.3 Å². The lowest BCUT2D eigenvalue weighted by Crippen LogP contribution is -2.39. The molecule has 0 bridgehead atoms. The van der Waals surface area contributed by atoms with Crippen LogP contribution in [-0.4, -0.2) is 16.9 Å². The predicted molar refractivity (Wildman–Crippen MR) is 74.8 cm³/mol. The van der Waals surface area contributed by atoms with Gasteiger partial charge in [0, 0.05) is 24.0 Å². The normalized spacial score (nSPS) is 14.7. The van der Waals surface area contributed by atoms with E-state index in [1.54, 1.807) is 12.4 Å². The molecular weight excluding hydrogens is 236 g/mol. The smallest absolute Gasteiger partial charge is 0.251 e. The van der Waals surface area contributed by atoms with Crippen molar-refractivity contribution in [3.8, 4) is 11.1 Å². The van der Waals surface area contributed by atoms with Crippen LogP contribution in [0.1, 0.15) is 29.6 Å². The van der Waals surface area contributed by atoms with Gasteiger partial charge in [0.1, 0.15) is 0 Å². The minimum atomic E-state index is 0.0283. The van der Waals surface area contributed by atoms with E-state index in [1.165, 1.54) is 6.42 Å². The molecule has 1 aromatic carbocycles. The summed E-state index contributed by atoms with van der Waals surface area (Å²) in [5, 5.41) is 3.06. The summed E-state index contributed by atoms with van der Waals surface area (Å²) in [6.07, 6.45) is 6.96. The first-order chi connectivity index (χ1) is 9.33. The Labute approximate surface area is 112 Å². The van der Waals surface area contributed by atoms with Gasteiger partial charge in [-0.25, -0.2) is 0 Å². The summed E-state index contributed by atoms with van der Waals surface area (Å²) in [5.74, 6) is 0.0283. The number of hydrogen-bond donors (Lipinski definition) is 1. The highest BCUT2D eigenvalue weighted by atomic mass is 16.1. The quantitative estimate of drug-likeness (QED) is 0.912. The molecule has 0 aliphatic heterocycles. The SMILES string of the molecule is O=C(NC1CCC1)c1cccc(-c2ccncc2)c1. The lowest BCUT2D eigenvalue weighted by molar-refractivity contribution is 0.0917. The van der Waals surface area contributed by atoms with Crippen LogP contribution in [0.15, 0.2) is 48.8 Å². The molecule has 0 unspecified atom stereocenters. The Hall–Kier alpha value is -2.16. The molecule has 0 radical (unpaired) electrons. The molecule has 96 valence electrons. The summed E-state index contributed by atoms with van der Waals surface area (Å²) >= 11 is 0. The molecule has 1 heterocycles. The van der Waals surface area contributed by atoms with Gasteiger partial charge < -0.3 is 5.32 Å². The Morgan fingerprint density at radius 3 is 2.58 bits per heavy atom. The van der Waals surface area contributed by atoms with Crippen LogP contribution >= 0.6 is 0 Å². The van der Waals surface area contributed by atoms with Gasteiger partial charge in [0.15, 0.2) is 0 Å². The maximum absolute atomic E-state index is 12.1. The predicted octanol–water partition coefficient (Wildman–Crippen LogP) is 3.03. The monoisotopic (exact) mass is 252 g/mol. The van der Waals surface area contributed by atoms with E-state index in [-0.39, 0.29) is 5.91 Å². The van der Waals surface area contributed by atoms with Gasteiger partial charge >= 0.3 is 0 Å². The summed E-state index contributed by atoms with van der Waals surface area (Å²) in [6.45, 7) is 0. The molecule has 1 fully saturated rings. The number of carbonyl (C=O) groups excluding carboxylic acids is 1. The highest BCUT2D eigenvalue weighted by molar-refractivity contribution is 5.95. The van der Waals surface area contributed by atoms with E-state index < -0.39 is 0 Å². The molecule has 1 amide bonds. The van der Waals surface area contributed by atoms with Crippen molar-refractivity contribution in [3.05, 3.63) is 54.4 Å². The summed E-state index contributed by atoms with van der Waals surface area (Å²) in [5.41, 5.74) is 2.85. The maximum Gasteiger partial charge on any atom is 0.251 e. The molecule has 1 aliphatic rings. The fourth-order valence-corrected chi connectivity index (χ4v) is 2.21. The van der Waals surface area contributed by atoms with Gasteiger partial charge in [0.05, 0.1) is 0 Å². The lowest BCUT2D eigenvalue weighted by atomic mass is 9.93. The number of nitrogens with zero attached hydrogens (tertiary/aromatic N) is 1. The molecule has 2 aromatic rings. The Morgan fingerprint density at radius 1 is 1.11 bits per heavy atom. The highest BCUT2D eigenvalue weighted by Gasteiger charge is 2.20. The van der Waals surface area contributed by atoms with Crippen LogP contribution in [0, 0.1) is 0 Å². The van der Waals surface area contributed by atoms with Gasteiger partial charge in [-0.1, -0.05) is 12.1 Å². The number of carbonyl (C=O) groups is 1. The number of benzene rings is 1. The zero-order valence-electron chi connectivity index (χ0n) is 10.7. The van der Waals surface area contributed by atoms with Gasteiger partial charge in [-0.05, 0) is 54.7 Å². The fraction of sp³-hybridized carbons (Fsp3) is 0.250. The first-order valence-electron chi connectivity index (χ1n) is 6.64. The minimum absolute atomic E-state index is 0.0283. The van der Waals surface area contributed by atoms with E-state index in [9.17, 15) is 4.79 Å². The average Bonchev–Trinajstić information content (AvgIpc) is 2.44. The second-order valence-electron chi connectivity index (χ2n) is 4.92. The van der Waals surface area contributed by atoms with Crippen molar-refractivity contribution in [1.29, 1.82) is 0 Å². The van der Waals surface area contributed by atoms with Crippen LogP contribution in [-0.2, 0) is 0 Å². The Bertz CT molecular complexity index is 576. The van der Waals surface area contributed by atoms with Crippen LogP contribution in [0.2, 0.25) is 0 Å². The zero-order chi connectivity index (χ0) is 13.1. The van der Waals surface area contributed by atoms with E-state index in [4.69, 9.17) is 0 Å². The topological polar surface area (TPSA) is 42.0 Å². The summed E-state index contributed by atoms with van der Waals surface area (Å²) in [6, 6.07) is 12.0. The van der Waals surface area contributed by atoms with Crippen LogP contribution in [0.3, 0.4) is 0 Å². The fourth-order valence-electron chi connectivity index (χ4n) is 2.21. The van der Waals surface area contributed by atoms with Gasteiger partial charge in [0.25, 0.3) is 5.91 Å². The third kappa shape index (κ3) is 2.65. The van der Waals surface area contributed by atoms with Gasteiger partial charge in [-0.2, -0.15) is 0 Å². The molecule has 1 aromatic heterocycles. The van der Waals surface area contributed by atoms with Gasteiger partial charge in [-0.3, -0.25) is 9.78 Å². The maximum atomic E-state index is 12.1. The van der Waals surface area contributed by atoms with Crippen molar-refractivity contribution in [2.75, 3.05) is 0 Å². The highest BCUT2D eigenvalue weighted by Crippen LogP contribution is 2.21. The minimum Gasteiger partial charge on any atom is -0.349 e. The van der Waals surface area contributed by atoms with Crippen LogP contribution in [0.4, 0.5) is 0 Å². The number of pyridine rings is 1. The average molecular weight is 252 g/mol. The third-order valence-corrected chi connectivity index (χ3v) is 3.58. The molecule has 0 saturated heterocycles. The van der Waals surface area contributed by atoms with Crippen LogP contribution in [0.25, 0.3) is 11.1 Å².